The van der Waals surface area contributed by atoms with Crippen LogP contribution in [0.1, 0.15) is 44.6 Å². The van der Waals surface area contributed by atoms with Gasteiger partial charge in [-0.3, -0.25) is 4.90 Å². The van der Waals surface area contributed by atoms with Crippen LogP contribution in [-0.2, 0) is 17.8 Å². The summed E-state index contributed by atoms with van der Waals surface area (Å²) in [5.41, 5.74) is 0. The second kappa shape index (κ2) is 8.45. The Morgan fingerprint density at radius 2 is 2.20 bits per heavy atom. The lowest BCUT2D eigenvalue weighted by Crippen LogP contribution is -2.39. The van der Waals surface area contributed by atoms with Crippen LogP contribution in [0.2, 0.25) is 0 Å². The molecular formula is C16H28N2O2. The molecule has 0 amide bonds. The number of nitrogens with zero attached hydrogens (tertiary/aromatic N) is 1. The van der Waals surface area contributed by atoms with Gasteiger partial charge in [0.05, 0.1) is 19.2 Å². The van der Waals surface area contributed by atoms with E-state index in [4.69, 9.17) is 9.15 Å². The highest BCUT2D eigenvalue weighted by Crippen LogP contribution is 2.17. The molecule has 1 aromatic heterocycles. The molecule has 1 aliphatic heterocycles. The van der Waals surface area contributed by atoms with Crippen LogP contribution in [0.15, 0.2) is 16.5 Å². The summed E-state index contributed by atoms with van der Waals surface area (Å²) in [6.45, 7) is 10.0. The Labute approximate surface area is 122 Å². The Bertz CT molecular complexity index is 378. The average Bonchev–Trinajstić information content (AvgIpc) is 2.91. The Hall–Kier alpha value is -0.840. The molecule has 1 aromatic rings. The molecular weight excluding hydrogens is 252 g/mol. The Morgan fingerprint density at radius 1 is 1.35 bits per heavy atom. The van der Waals surface area contributed by atoms with Gasteiger partial charge in [0, 0.05) is 13.2 Å². The molecule has 1 fully saturated rings. The van der Waals surface area contributed by atoms with E-state index in [2.05, 4.69) is 36.2 Å². The first-order chi connectivity index (χ1) is 9.81. The van der Waals surface area contributed by atoms with Crippen molar-refractivity contribution < 1.29 is 9.15 Å². The molecule has 1 saturated heterocycles. The fourth-order valence-corrected chi connectivity index (χ4v) is 2.65. The first kappa shape index (κ1) is 15.5. The smallest absolute Gasteiger partial charge is 0.118 e. The van der Waals surface area contributed by atoms with Crippen LogP contribution >= 0.6 is 0 Å². The summed E-state index contributed by atoms with van der Waals surface area (Å²) in [6, 6.07) is 4.18. The van der Waals surface area contributed by atoms with Crippen molar-refractivity contribution in [1.82, 2.24) is 10.2 Å². The lowest BCUT2D eigenvalue weighted by atomic mass is 10.1. The van der Waals surface area contributed by atoms with Crippen molar-refractivity contribution in [2.45, 2.75) is 52.3 Å². The molecule has 0 aromatic carbocycles. The van der Waals surface area contributed by atoms with Gasteiger partial charge in [-0.05, 0) is 44.5 Å². The minimum Gasteiger partial charge on any atom is -0.463 e. The molecule has 114 valence electrons. The van der Waals surface area contributed by atoms with Gasteiger partial charge < -0.3 is 14.5 Å². The molecule has 0 spiro atoms. The average molecular weight is 280 g/mol. The van der Waals surface area contributed by atoms with Gasteiger partial charge in [0.2, 0.25) is 0 Å². The number of ether oxygens (including phenoxy) is 1. The maximum atomic E-state index is 5.88. The van der Waals surface area contributed by atoms with Crippen molar-refractivity contribution in [3.8, 4) is 0 Å². The zero-order valence-corrected chi connectivity index (χ0v) is 12.9. The summed E-state index contributed by atoms with van der Waals surface area (Å²) in [6.07, 6.45) is 3.92. The predicted molar refractivity (Wildman–Crippen MR) is 80.6 cm³/mol. The number of furan rings is 1. The zero-order valence-electron chi connectivity index (χ0n) is 12.9. The normalized spacial score (nSPS) is 20.4. The fourth-order valence-electron chi connectivity index (χ4n) is 2.65. The van der Waals surface area contributed by atoms with E-state index < -0.39 is 0 Å². The van der Waals surface area contributed by atoms with Crippen LogP contribution < -0.4 is 5.32 Å². The van der Waals surface area contributed by atoms with E-state index in [0.29, 0.717) is 6.10 Å². The van der Waals surface area contributed by atoms with E-state index in [1.165, 1.54) is 12.8 Å². The third-order valence-electron chi connectivity index (χ3n) is 3.67. The lowest BCUT2D eigenvalue weighted by molar-refractivity contribution is -0.00380. The molecule has 20 heavy (non-hydrogen) atoms. The summed E-state index contributed by atoms with van der Waals surface area (Å²) in [7, 11) is 0. The quantitative estimate of drug-likeness (QED) is 0.794. The second-order valence-electron chi connectivity index (χ2n) is 5.52. The van der Waals surface area contributed by atoms with Crippen molar-refractivity contribution in [3.05, 3.63) is 23.7 Å². The first-order valence-corrected chi connectivity index (χ1v) is 7.94. The highest BCUT2D eigenvalue weighted by molar-refractivity contribution is 5.07. The lowest BCUT2D eigenvalue weighted by Gasteiger charge is -2.31. The Balaban J connectivity index is 1.78. The number of hydrogen-bond donors (Lipinski definition) is 1. The number of nitrogens with one attached hydrogen (secondary N) is 1. The van der Waals surface area contributed by atoms with Crippen LogP contribution in [0, 0.1) is 0 Å². The van der Waals surface area contributed by atoms with E-state index in [9.17, 15) is 0 Å². The standard InChI is InChI=1S/C16H28N2O2/c1-3-10-19-15-6-5-9-18(12-15)13-16-8-7-14(20-16)11-17-4-2/h7-8,15,17H,3-6,9-13H2,1-2H3. The maximum absolute atomic E-state index is 5.88. The largest absolute Gasteiger partial charge is 0.463 e. The predicted octanol–water partition coefficient (Wildman–Crippen LogP) is 2.78. The fraction of sp³-hybridized carbons (Fsp3) is 0.750. The maximum Gasteiger partial charge on any atom is 0.118 e. The third-order valence-corrected chi connectivity index (χ3v) is 3.67. The van der Waals surface area contributed by atoms with E-state index in [1.54, 1.807) is 0 Å². The summed E-state index contributed by atoms with van der Waals surface area (Å²) in [4.78, 5) is 2.44. The van der Waals surface area contributed by atoms with E-state index in [0.717, 1.165) is 57.3 Å². The molecule has 1 atom stereocenters. The number of rotatable bonds is 8. The number of hydrogen-bond acceptors (Lipinski definition) is 4. The molecule has 1 aliphatic rings. The van der Waals surface area contributed by atoms with Gasteiger partial charge in [-0.25, -0.2) is 0 Å². The van der Waals surface area contributed by atoms with Crippen molar-refractivity contribution in [1.29, 1.82) is 0 Å². The van der Waals surface area contributed by atoms with Crippen molar-refractivity contribution in [3.63, 3.8) is 0 Å². The van der Waals surface area contributed by atoms with E-state index in [1.807, 2.05) is 0 Å². The van der Waals surface area contributed by atoms with Gasteiger partial charge >= 0.3 is 0 Å². The monoisotopic (exact) mass is 280 g/mol. The molecule has 1 unspecified atom stereocenters. The molecule has 0 bridgehead atoms. The molecule has 0 aliphatic carbocycles. The van der Waals surface area contributed by atoms with Crippen LogP contribution in [0.25, 0.3) is 0 Å². The number of likely N-dealkylation sites (tertiary alicyclic amines) is 1. The van der Waals surface area contributed by atoms with Gasteiger partial charge in [-0.15, -0.1) is 0 Å². The zero-order chi connectivity index (χ0) is 14.2. The van der Waals surface area contributed by atoms with Gasteiger partial charge in [0.1, 0.15) is 11.5 Å². The Kier molecular flexibility index (Phi) is 6.57. The van der Waals surface area contributed by atoms with Crippen molar-refractivity contribution in [2.24, 2.45) is 0 Å². The van der Waals surface area contributed by atoms with E-state index >= 15 is 0 Å². The number of piperidine rings is 1. The topological polar surface area (TPSA) is 37.6 Å². The minimum atomic E-state index is 0.403. The van der Waals surface area contributed by atoms with Crippen molar-refractivity contribution >= 4 is 0 Å². The molecule has 0 saturated carbocycles. The summed E-state index contributed by atoms with van der Waals surface area (Å²) < 4.78 is 11.7. The molecule has 2 heterocycles. The van der Waals surface area contributed by atoms with Gasteiger partial charge in [0.25, 0.3) is 0 Å². The summed E-state index contributed by atoms with van der Waals surface area (Å²) in [5, 5.41) is 3.28. The molecule has 4 heteroatoms. The third kappa shape index (κ3) is 4.93. The highest BCUT2D eigenvalue weighted by Gasteiger charge is 2.21. The van der Waals surface area contributed by atoms with Gasteiger partial charge in [-0.1, -0.05) is 13.8 Å². The molecule has 0 radical (unpaired) electrons. The van der Waals surface area contributed by atoms with Crippen molar-refractivity contribution in [2.75, 3.05) is 26.2 Å². The minimum absolute atomic E-state index is 0.403. The summed E-state index contributed by atoms with van der Waals surface area (Å²) in [5.74, 6) is 2.09. The molecule has 1 N–H and O–H groups in total. The van der Waals surface area contributed by atoms with Crippen LogP contribution in [0.4, 0.5) is 0 Å². The second-order valence-corrected chi connectivity index (χ2v) is 5.52. The van der Waals surface area contributed by atoms with Crippen LogP contribution in [0.3, 0.4) is 0 Å². The summed E-state index contributed by atoms with van der Waals surface area (Å²) >= 11 is 0. The van der Waals surface area contributed by atoms with E-state index in [-0.39, 0.29) is 0 Å². The highest BCUT2D eigenvalue weighted by atomic mass is 16.5. The molecule has 4 nitrogen and oxygen atoms in total. The SMILES string of the molecule is CCCOC1CCCN(Cc2ccc(CNCC)o2)C1. The van der Waals surface area contributed by atoms with Gasteiger partial charge in [-0.2, -0.15) is 0 Å². The van der Waals surface area contributed by atoms with Crippen LogP contribution in [-0.4, -0.2) is 37.2 Å². The molecule has 2 rings (SSSR count). The van der Waals surface area contributed by atoms with Gasteiger partial charge in [0.15, 0.2) is 0 Å². The first-order valence-electron chi connectivity index (χ1n) is 7.94. The van der Waals surface area contributed by atoms with Crippen LogP contribution in [0.5, 0.6) is 0 Å². The Morgan fingerprint density at radius 3 is 3.00 bits per heavy atom.